The third kappa shape index (κ3) is 12.1. The fraction of sp³-hybridized carbons (Fsp3) is 0.250. The average Bonchev–Trinajstić information content (AvgIpc) is 2.26. The van der Waals surface area contributed by atoms with E-state index in [1.54, 1.807) is 17.1 Å². The molecule has 0 aliphatic carbocycles. The molecule has 0 amide bonds. The van der Waals surface area contributed by atoms with Gasteiger partial charge in [-0.15, -0.1) is 0 Å². The first-order valence-electron chi connectivity index (χ1n) is 5.43. The van der Waals surface area contributed by atoms with E-state index in [0.29, 0.717) is 0 Å². The summed E-state index contributed by atoms with van der Waals surface area (Å²) >= 11 is 0. The Morgan fingerprint density at radius 1 is 0.684 bits per heavy atom. The second-order valence-corrected chi connectivity index (χ2v) is 5.70. The monoisotopic (exact) mass is 284 g/mol. The molecule has 0 fully saturated rings. The van der Waals surface area contributed by atoms with Crippen molar-refractivity contribution in [3.8, 4) is 0 Å². The Morgan fingerprint density at radius 2 is 0.947 bits per heavy atom. The van der Waals surface area contributed by atoms with Gasteiger partial charge in [0, 0.05) is 20.8 Å². The van der Waals surface area contributed by atoms with Crippen LogP contribution in [-0.2, 0) is 28.6 Å². The maximum atomic E-state index is 10.6. The van der Waals surface area contributed by atoms with Crippen LogP contribution in [0.15, 0.2) is 35.9 Å². The summed E-state index contributed by atoms with van der Waals surface area (Å²) in [6.07, 6.45) is 3.78. The summed E-state index contributed by atoms with van der Waals surface area (Å²) in [6.45, 7) is 3.85. The van der Waals surface area contributed by atoms with E-state index in [1.165, 1.54) is 39.6 Å². The van der Waals surface area contributed by atoms with Gasteiger partial charge in [-0.2, -0.15) is 0 Å². The zero-order valence-corrected chi connectivity index (χ0v) is 12.1. The van der Waals surface area contributed by atoms with Gasteiger partial charge >= 0.3 is 17.9 Å². The summed E-state index contributed by atoms with van der Waals surface area (Å²) in [6, 6.07) is 0. The molecule has 0 saturated carbocycles. The van der Waals surface area contributed by atoms with E-state index in [0.717, 1.165) is 0 Å². The highest BCUT2D eigenvalue weighted by molar-refractivity contribution is 6.74. The molecule has 7 heteroatoms. The smallest absolute Gasteiger partial charge is 0.307 e. The molecule has 19 heavy (non-hydrogen) atoms. The zero-order valence-electron chi connectivity index (χ0n) is 11.0. The van der Waals surface area contributed by atoms with Gasteiger partial charge in [0.15, 0.2) is 0 Å². The SMILES string of the molecule is CC(=O)OC=C[SiH](C=COC(C)=O)C=COC(C)=O. The number of carbonyl (C=O) groups excluding carboxylic acids is 3. The number of hydrogen-bond donors (Lipinski definition) is 0. The fourth-order valence-electron chi connectivity index (χ4n) is 0.870. The molecule has 0 unspecified atom stereocenters. The van der Waals surface area contributed by atoms with Crippen molar-refractivity contribution in [3.05, 3.63) is 35.9 Å². The Balaban J connectivity index is 4.53. The van der Waals surface area contributed by atoms with Crippen LogP contribution in [0.1, 0.15) is 20.8 Å². The third-order valence-electron chi connectivity index (χ3n) is 1.60. The first-order chi connectivity index (χ1) is 8.91. The van der Waals surface area contributed by atoms with Crippen LogP contribution in [0.5, 0.6) is 0 Å². The van der Waals surface area contributed by atoms with Crippen molar-refractivity contribution >= 4 is 26.7 Å². The Labute approximate surface area is 112 Å². The van der Waals surface area contributed by atoms with Gasteiger partial charge in [-0.05, 0) is 0 Å². The highest BCUT2D eigenvalue weighted by atomic mass is 28.3. The summed E-state index contributed by atoms with van der Waals surface area (Å²) < 4.78 is 14.0. The van der Waals surface area contributed by atoms with E-state index in [-0.39, 0.29) is 0 Å². The van der Waals surface area contributed by atoms with Crippen LogP contribution in [0.2, 0.25) is 0 Å². The number of ether oxygens (including phenoxy) is 3. The van der Waals surface area contributed by atoms with Crippen molar-refractivity contribution in [1.82, 2.24) is 0 Å². The standard InChI is InChI=1S/C12H16O6Si/c1-10(13)16-4-7-19(8-5-17-11(2)14)9-6-18-12(3)15/h4-9,19H,1-3H3. The van der Waals surface area contributed by atoms with Gasteiger partial charge < -0.3 is 14.2 Å². The average molecular weight is 284 g/mol. The van der Waals surface area contributed by atoms with E-state index in [9.17, 15) is 14.4 Å². The number of hydrogen-bond acceptors (Lipinski definition) is 6. The van der Waals surface area contributed by atoms with E-state index in [1.807, 2.05) is 0 Å². The summed E-state index contributed by atoms with van der Waals surface area (Å²) in [5.74, 6) is -1.30. The Kier molecular flexibility index (Phi) is 8.72. The van der Waals surface area contributed by atoms with Crippen molar-refractivity contribution in [1.29, 1.82) is 0 Å². The molecule has 0 saturated heterocycles. The topological polar surface area (TPSA) is 78.9 Å². The van der Waals surface area contributed by atoms with Crippen molar-refractivity contribution in [2.45, 2.75) is 20.8 Å². The quantitative estimate of drug-likeness (QED) is 0.314. The highest BCUT2D eigenvalue weighted by Crippen LogP contribution is 1.95. The van der Waals surface area contributed by atoms with Crippen LogP contribution >= 0.6 is 0 Å². The lowest BCUT2D eigenvalue weighted by Crippen LogP contribution is -2.05. The summed E-state index contributed by atoms with van der Waals surface area (Å²) in [7, 11) is -1.78. The molecule has 0 rings (SSSR count). The molecule has 0 aromatic rings. The largest absolute Gasteiger partial charge is 0.435 e. The molecule has 0 aromatic carbocycles. The van der Waals surface area contributed by atoms with Crippen LogP contribution in [0, 0.1) is 0 Å². The van der Waals surface area contributed by atoms with Gasteiger partial charge in [-0.1, -0.05) is 17.1 Å². The predicted octanol–water partition coefficient (Wildman–Crippen LogP) is 1.06. The maximum Gasteiger partial charge on any atom is 0.307 e. The van der Waals surface area contributed by atoms with Crippen LogP contribution in [-0.4, -0.2) is 26.7 Å². The lowest BCUT2D eigenvalue weighted by atomic mass is 10.8. The van der Waals surface area contributed by atoms with Crippen molar-refractivity contribution in [2.75, 3.05) is 0 Å². The van der Waals surface area contributed by atoms with Crippen LogP contribution in [0.4, 0.5) is 0 Å². The minimum Gasteiger partial charge on any atom is -0.435 e. The van der Waals surface area contributed by atoms with E-state index < -0.39 is 26.7 Å². The molecule has 0 bridgehead atoms. The molecule has 0 spiro atoms. The summed E-state index contributed by atoms with van der Waals surface area (Å²) in [4.78, 5) is 31.8. The second kappa shape index (κ2) is 9.83. The van der Waals surface area contributed by atoms with Crippen LogP contribution in [0.25, 0.3) is 0 Å². The second-order valence-electron chi connectivity index (χ2n) is 3.39. The molecule has 0 heterocycles. The van der Waals surface area contributed by atoms with E-state index >= 15 is 0 Å². The van der Waals surface area contributed by atoms with Crippen LogP contribution < -0.4 is 0 Å². The maximum absolute atomic E-state index is 10.6. The minimum absolute atomic E-state index is 0.433. The zero-order chi connectivity index (χ0) is 14.7. The molecule has 104 valence electrons. The summed E-state index contributed by atoms with van der Waals surface area (Å²) in [5.41, 5.74) is 4.96. The first-order valence-corrected chi connectivity index (χ1v) is 7.43. The van der Waals surface area contributed by atoms with E-state index in [2.05, 4.69) is 14.2 Å². The molecular weight excluding hydrogens is 268 g/mol. The van der Waals surface area contributed by atoms with Gasteiger partial charge in [-0.3, -0.25) is 14.4 Å². The normalized spacial score (nSPS) is 12.8. The Bertz CT molecular complexity index is 349. The number of esters is 3. The summed E-state index contributed by atoms with van der Waals surface area (Å²) in [5, 5.41) is 0. The van der Waals surface area contributed by atoms with Crippen molar-refractivity contribution < 1.29 is 28.6 Å². The highest BCUT2D eigenvalue weighted by Gasteiger charge is 1.99. The van der Waals surface area contributed by atoms with Gasteiger partial charge in [0.1, 0.15) is 8.80 Å². The lowest BCUT2D eigenvalue weighted by molar-refractivity contribution is -0.136. The van der Waals surface area contributed by atoms with Gasteiger partial charge in [0.25, 0.3) is 0 Å². The van der Waals surface area contributed by atoms with Gasteiger partial charge in [-0.25, -0.2) is 0 Å². The predicted molar refractivity (Wildman–Crippen MR) is 69.9 cm³/mol. The number of carbonyl (C=O) groups is 3. The Morgan fingerprint density at radius 3 is 1.16 bits per heavy atom. The molecule has 6 nitrogen and oxygen atoms in total. The fourth-order valence-corrected chi connectivity index (χ4v) is 2.03. The number of rotatable bonds is 6. The minimum atomic E-state index is -1.78. The molecule has 0 radical (unpaired) electrons. The van der Waals surface area contributed by atoms with Crippen molar-refractivity contribution in [2.24, 2.45) is 0 Å². The molecular formula is C12H16O6Si. The molecule has 0 aliphatic heterocycles. The first kappa shape index (κ1) is 16.8. The van der Waals surface area contributed by atoms with Gasteiger partial charge in [0.05, 0.1) is 18.8 Å². The molecule has 0 aliphatic rings. The Hall–Kier alpha value is -2.15. The van der Waals surface area contributed by atoms with E-state index in [4.69, 9.17) is 0 Å². The molecule has 0 atom stereocenters. The van der Waals surface area contributed by atoms with Crippen LogP contribution in [0.3, 0.4) is 0 Å². The third-order valence-corrected chi connectivity index (χ3v) is 3.41. The van der Waals surface area contributed by atoms with Crippen molar-refractivity contribution in [3.63, 3.8) is 0 Å². The molecule has 0 N–H and O–H groups in total. The van der Waals surface area contributed by atoms with Gasteiger partial charge in [0.2, 0.25) is 0 Å². The lowest BCUT2D eigenvalue weighted by Gasteiger charge is -1.99. The molecule has 0 aromatic heterocycles.